The van der Waals surface area contributed by atoms with E-state index in [1.165, 1.54) is 0 Å². The highest BCUT2D eigenvalue weighted by molar-refractivity contribution is 5.88. The van der Waals surface area contributed by atoms with E-state index < -0.39 is 12.0 Å². The summed E-state index contributed by atoms with van der Waals surface area (Å²) in [6.45, 7) is 3.88. The predicted molar refractivity (Wildman–Crippen MR) is 75.6 cm³/mol. The molecule has 2 rings (SSSR count). The predicted octanol–water partition coefficient (Wildman–Crippen LogP) is -0.337. The first-order valence-corrected chi connectivity index (χ1v) is 7.52. The van der Waals surface area contributed by atoms with Crippen molar-refractivity contribution in [2.75, 3.05) is 26.2 Å². The van der Waals surface area contributed by atoms with Crippen LogP contribution in [0.25, 0.3) is 0 Å². The Balaban J connectivity index is 1.99. The molecule has 0 bridgehead atoms. The third kappa shape index (κ3) is 3.93. The van der Waals surface area contributed by atoms with Gasteiger partial charge < -0.3 is 15.3 Å². The summed E-state index contributed by atoms with van der Waals surface area (Å²) >= 11 is 0. The second-order valence-electron chi connectivity index (χ2n) is 5.81. The van der Waals surface area contributed by atoms with Crippen molar-refractivity contribution in [2.45, 2.75) is 44.7 Å². The van der Waals surface area contributed by atoms with E-state index in [2.05, 4.69) is 5.32 Å². The lowest BCUT2D eigenvalue weighted by Gasteiger charge is -2.38. The molecular formula is C14H23N3O4. The highest BCUT2D eigenvalue weighted by Crippen LogP contribution is 2.17. The van der Waals surface area contributed by atoms with Crippen LogP contribution in [0.15, 0.2) is 0 Å². The molecule has 0 spiro atoms. The molecule has 2 aliphatic rings. The van der Waals surface area contributed by atoms with Crippen molar-refractivity contribution in [1.29, 1.82) is 0 Å². The summed E-state index contributed by atoms with van der Waals surface area (Å²) in [5.74, 6) is -1.34. The second kappa shape index (κ2) is 6.89. The Morgan fingerprint density at radius 2 is 2.10 bits per heavy atom. The maximum absolute atomic E-state index is 12.4. The number of carboxylic acid groups (broad SMARTS) is 1. The fraction of sp³-hybridized carbons (Fsp3) is 0.786. The molecular weight excluding hydrogens is 274 g/mol. The zero-order valence-corrected chi connectivity index (χ0v) is 12.4. The van der Waals surface area contributed by atoms with E-state index in [0.717, 1.165) is 25.8 Å². The van der Waals surface area contributed by atoms with Crippen LogP contribution < -0.4 is 5.32 Å². The number of likely N-dealkylation sites (tertiary alicyclic amines) is 1. The van der Waals surface area contributed by atoms with E-state index in [4.69, 9.17) is 5.11 Å². The lowest BCUT2D eigenvalue weighted by Crippen LogP contribution is -2.58. The largest absolute Gasteiger partial charge is 0.481 e. The van der Waals surface area contributed by atoms with Gasteiger partial charge in [0.2, 0.25) is 11.8 Å². The number of piperidine rings is 1. The summed E-state index contributed by atoms with van der Waals surface area (Å²) in [5.41, 5.74) is 0. The van der Waals surface area contributed by atoms with Crippen LogP contribution in [0.2, 0.25) is 0 Å². The van der Waals surface area contributed by atoms with Gasteiger partial charge in [-0.3, -0.25) is 19.3 Å². The Morgan fingerprint density at radius 3 is 2.76 bits per heavy atom. The van der Waals surface area contributed by atoms with Crippen LogP contribution in [0.3, 0.4) is 0 Å². The first-order chi connectivity index (χ1) is 9.99. The van der Waals surface area contributed by atoms with Gasteiger partial charge in [-0.05, 0) is 26.2 Å². The van der Waals surface area contributed by atoms with Crippen molar-refractivity contribution in [3.05, 3.63) is 0 Å². The minimum absolute atomic E-state index is 0.00714. The number of aliphatic carboxylic acids is 1. The molecule has 118 valence electrons. The van der Waals surface area contributed by atoms with Gasteiger partial charge >= 0.3 is 5.97 Å². The number of hydrogen-bond donors (Lipinski definition) is 2. The maximum atomic E-state index is 12.4. The van der Waals surface area contributed by atoms with Gasteiger partial charge in [0.1, 0.15) is 6.04 Å². The van der Waals surface area contributed by atoms with Crippen molar-refractivity contribution in [3.8, 4) is 0 Å². The summed E-state index contributed by atoms with van der Waals surface area (Å²) in [7, 11) is 0. The van der Waals surface area contributed by atoms with E-state index >= 15 is 0 Å². The first-order valence-electron chi connectivity index (χ1n) is 7.52. The number of hydrogen-bond acceptors (Lipinski definition) is 4. The van der Waals surface area contributed by atoms with Crippen LogP contribution in [-0.4, -0.2) is 71.0 Å². The molecule has 0 aromatic rings. The molecule has 0 aromatic heterocycles. The SMILES string of the molecule is CC1CCCCN1C(=O)CN1CCNC(=O)C1CC(=O)O. The third-order valence-corrected chi connectivity index (χ3v) is 4.27. The number of amides is 2. The standard InChI is InChI=1S/C14H23N3O4/c1-10-4-2-3-6-17(10)12(18)9-16-7-5-15-14(21)11(16)8-13(19)20/h10-11H,2-9H2,1H3,(H,15,21)(H,19,20). The highest BCUT2D eigenvalue weighted by atomic mass is 16.4. The first kappa shape index (κ1) is 15.8. The molecule has 2 N–H and O–H groups in total. The van der Waals surface area contributed by atoms with E-state index in [-0.39, 0.29) is 30.8 Å². The number of carboxylic acids is 1. The van der Waals surface area contributed by atoms with Crippen LogP contribution in [0.4, 0.5) is 0 Å². The zero-order chi connectivity index (χ0) is 15.4. The molecule has 2 unspecified atom stereocenters. The molecule has 2 heterocycles. The summed E-state index contributed by atoms with van der Waals surface area (Å²) in [4.78, 5) is 38.7. The molecule has 0 saturated carbocycles. The maximum Gasteiger partial charge on any atom is 0.305 e. The Labute approximate surface area is 124 Å². The molecule has 7 heteroatoms. The van der Waals surface area contributed by atoms with Crippen LogP contribution in [0.1, 0.15) is 32.6 Å². The number of rotatable bonds is 4. The molecule has 2 aliphatic heterocycles. The molecule has 0 radical (unpaired) electrons. The quantitative estimate of drug-likeness (QED) is 0.741. The molecule has 2 amide bonds. The van der Waals surface area contributed by atoms with Gasteiger partial charge in [0, 0.05) is 25.7 Å². The van der Waals surface area contributed by atoms with E-state index in [1.807, 2.05) is 11.8 Å². The average molecular weight is 297 g/mol. The van der Waals surface area contributed by atoms with Gasteiger partial charge in [-0.25, -0.2) is 0 Å². The van der Waals surface area contributed by atoms with Crippen LogP contribution in [0.5, 0.6) is 0 Å². The van der Waals surface area contributed by atoms with E-state index in [0.29, 0.717) is 13.1 Å². The molecule has 0 aromatic carbocycles. The van der Waals surface area contributed by atoms with E-state index in [9.17, 15) is 14.4 Å². The number of carbonyl (C=O) groups is 3. The summed E-state index contributed by atoms with van der Waals surface area (Å²) in [5, 5.41) is 11.6. The third-order valence-electron chi connectivity index (χ3n) is 4.27. The summed E-state index contributed by atoms with van der Waals surface area (Å²) < 4.78 is 0. The molecule has 2 saturated heterocycles. The lowest BCUT2D eigenvalue weighted by atomic mass is 10.0. The van der Waals surface area contributed by atoms with Gasteiger partial charge in [0.25, 0.3) is 0 Å². The van der Waals surface area contributed by atoms with Crippen LogP contribution in [-0.2, 0) is 14.4 Å². The monoisotopic (exact) mass is 297 g/mol. The smallest absolute Gasteiger partial charge is 0.305 e. The number of piperazine rings is 1. The number of nitrogens with zero attached hydrogens (tertiary/aromatic N) is 2. The van der Waals surface area contributed by atoms with Gasteiger partial charge in [-0.1, -0.05) is 0 Å². The number of carbonyl (C=O) groups excluding carboxylic acids is 2. The molecule has 2 fully saturated rings. The normalized spacial score (nSPS) is 27.3. The fourth-order valence-electron chi connectivity index (χ4n) is 3.07. The summed E-state index contributed by atoms with van der Waals surface area (Å²) in [6.07, 6.45) is 2.88. The molecule has 0 aliphatic carbocycles. The van der Waals surface area contributed by atoms with Crippen LogP contribution >= 0.6 is 0 Å². The summed E-state index contributed by atoms with van der Waals surface area (Å²) in [6, 6.07) is -0.525. The minimum atomic E-state index is -1.03. The van der Waals surface area contributed by atoms with Gasteiger partial charge in [0.05, 0.1) is 13.0 Å². The van der Waals surface area contributed by atoms with Gasteiger partial charge in [-0.2, -0.15) is 0 Å². The van der Waals surface area contributed by atoms with Crippen molar-refractivity contribution in [1.82, 2.24) is 15.1 Å². The Morgan fingerprint density at radius 1 is 1.33 bits per heavy atom. The minimum Gasteiger partial charge on any atom is -0.481 e. The van der Waals surface area contributed by atoms with Crippen molar-refractivity contribution in [3.63, 3.8) is 0 Å². The van der Waals surface area contributed by atoms with Gasteiger partial charge in [-0.15, -0.1) is 0 Å². The molecule has 7 nitrogen and oxygen atoms in total. The topological polar surface area (TPSA) is 90.0 Å². The van der Waals surface area contributed by atoms with Crippen molar-refractivity contribution >= 4 is 17.8 Å². The van der Waals surface area contributed by atoms with Gasteiger partial charge in [0.15, 0.2) is 0 Å². The van der Waals surface area contributed by atoms with E-state index in [1.54, 1.807) is 4.90 Å². The molecule has 2 atom stereocenters. The highest BCUT2D eigenvalue weighted by Gasteiger charge is 2.34. The molecule has 21 heavy (non-hydrogen) atoms. The lowest BCUT2D eigenvalue weighted by molar-refractivity contribution is -0.146. The number of nitrogens with one attached hydrogen (secondary N) is 1. The second-order valence-corrected chi connectivity index (χ2v) is 5.81. The average Bonchev–Trinajstić information content (AvgIpc) is 2.42. The zero-order valence-electron chi connectivity index (χ0n) is 12.4. The Kier molecular flexibility index (Phi) is 5.17. The van der Waals surface area contributed by atoms with Crippen LogP contribution in [0, 0.1) is 0 Å². The van der Waals surface area contributed by atoms with Crippen molar-refractivity contribution < 1.29 is 19.5 Å². The Bertz CT molecular complexity index is 426. The Hall–Kier alpha value is -1.63. The fourth-order valence-corrected chi connectivity index (χ4v) is 3.07. The van der Waals surface area contributed by atoms with Crippen molar-refractivity contribution in [2.24, 2.45) is 0 Å².